The van der Waals surface area contributed by atoms with Crippen LogP contribution in [0.25, 0.3) is 0 Å². The van der Waals surface area contributed by atoms with E-state index in [-0.39, 0.29) is 27.8 Å². The van der Waals surface area contributed by atoms with Crippen LogP contribution < -0.4 is 0 Å². The number of hydrogen-bond donors (Lipinski definition) is 6. The maximum absolute atomic E-state index is 10.8. The monoisotopic (exact) mass is 392 g/mol. The van der Waals surface area contributed by atoms with E-state index in [1.807, 2.05) is 0 Å². The normalized spacial score (nSPS) is 10.9. The molecule has 1 atom stereocenters. The first-order valence-corrected chi connectivity index (χ1v) is 7.55. The second kappa shape index (κ2) is 9.80. The molecule has 0 saturated heterocycles. The molecule has 0 amide bonds. The second-order valence-corrected chi connectivity index (χ2v) is 5.26. The van der Waals surface area contributed by atoms with Gasteiger partial charge in [0, 0.05) is 5.56 Å². The Hall–Kier alpha value is -3.76. The molecule has 10 nitrogen and oxygen atoms in total. The molecule has 2 rings (SSSR count). The molecule has 0 aliphatic heterocycles. The summed E-state index contributed by atoms with van der Waals surface area (Å²) in [6, 6.07) is 8.63. The second-order valence-electron chi connectivity index (χ2n) is 5.26. The van der Waals surface area contributed by atoms with Crippen LogP contribution in [-0.4, -0.2) is 61.1 Å². The summed E-state index contributed by atoms with van der Waals surface area (Å²) in [5, 5.41) is 52.8. The molecule has 0 bridgehead atoms. The van der Waals surface area contributed by atoms with Crippen molar-refractivity contribution in [2.24, 2.45) is 0 Å². The van der Waals surface area contributed by atoms with Gasteiger partial charge in [0.15, 0.2) is 0 Å². The van der Waals surface area contributed by atoms with Gasteiger partial charge in [-0.1, -0.05) is 6.07 Å². The Kier molecular flexibility index (Phi) is 7.80. The Morgan fingerprint density at radius 3 is 1.29 bits per heavy atom. The molecule has 2 aromatic carbocycles. The highest BCUT2D eigenvalue weighted by molar-refractivity contribution is 5.96. The van der Waals surface area contributed by atoms with Crippen molar-refractivity contribution in [2.45, 2.75) is 6.10 Å². The predicted octanol–water partition coefficient (Wildman–Crippen LogP) is 1.19. The minimum Gasteiger partial charge on any atom is -0.478 e. The van der Waals surface area contributed by atoms with E-state index in [0.717, 1.165) is 0 Å². The third-order valence-corrected chi connectivity index (χ3v) is 3.45. The number of hydrogen-bond acceptors (Lipinski definition) is 6. The van der Waals surface area contributed by atoms with Crippen LogP contribution >= 0.6 is 0 Å². The summed E-state index contributed by atoms with van der Waals surface area (Å²) in [5.41, 5.74) is -0.784. The first-order chi connectivity index (χ1) is 13.1. The van der Waals surface area contributed by atoms with Gasteiger partial charge in [-0.25, -0.2) is 19.2 Å². The highest BCUT2D eigenvalue weighted by Gasteiger charge is 2.23. The van der Waals surface area contributed by atoms with E-state index in [2.05, 4.69) is 0 Å². The molecule has 0 aliphatic carbocycles. The molecular weight excluding hydrogens is 376 g/mol. The maximum Gasteiger partial charge on any atom is 0.336 e. The van der Waals surface area contributed by atoms with Gasteiger partial charge in [0.1, 0.15) is 6.10 Å². The van der Waals surface area contributed by atoms with E-state index in [4.69, 9.17) is 25.5 Å². The predicted molar refractivity (Wildman–Crippen MR) is 92.8 cm³/mol. The number of aliphatic hydroxyl groups is 2. The lowest BCUT2D eigenvalue weighted by Gasteiger charge is -2.13. The molecule has 2 aromatic rings. The van der Waals surface area contributed by atoms with Crippen molar-refractivity contribution in [3.05, 3.63) is 70.3 Å². The van der Waals surface area contributed by atoms with Gasteiger partial charge in [0.2, 0.25) is 0 Å². The summed E-state index contributed by atoms with van der Waals surface area (Å²) in [6.45, 7) is -0.745. The molecule has 0 heterocycles. The van der Waals surface area contributed by atoms with Crippen LogP contribution in [0.4, 0.5) is 0 Å². The summed E-state index contributed by atoms with van der Waals surface area (Å²) in [5.74, 6) is -4.84. The molecular formula is C18H16O10. The van der Waals surface area contributed by atoms with Crippen LogP contribution in [0, 0.1) is 0 Å². The Balaban J connectivity index is 0.000000292. The van der Waals surface area contributed by atoms with Gasteiger partial charge in [-0.05, 0) is 36.4 Å². The van der Waals surface area contributed by atoms with E-state index in [1.165, 1.54) is 42.5 Å². The van der Waals surface area contributed by atoms with Crippen molar-refractivity contribution in [2.75, 3.05) is 6.61 Å². The van der Waals surface area contributed by atoms with E-state index in [1.54, 1.807) is 0 Å². The molecule has 6 N–H and O–H groups in total. The molecule has 1 unspecified atom stereocenters. The minimum absolute atomic E-state index is 0.0833. The summed E-state index contributed by atoms with van der Waals surface area (Å²) in [6.07, 6.45) is -1.53. The van der Waals surface area contributed by atoms with Crippen molar-refractivity contribution < 1.29 is 49.8 Å². The van der Waals surface area contributed by atoms with E-state index in [0.29, 0.717) is 0 Å². The van der Waals surface area contributed by atoms with E-state index >= 15 is 0 Å². The largest absolute Gasteiger partial charge is 0.478 e. The van der Waals surface area contributed by atoms with Gasteiger partial charge in [0.05, 0.1) is 28.9 Å². The topological polar surface area (TPSA) is 190 Å². The summed E-state index contributed by atoms with van der Waals surface area (Å²) < 4.78 is 0. The van der Waals surface area contributed by atoms with Crippen LogP contribution in [0.1, 0.15) is 53.1 Å². The Morgan fingerprint density at radius 2 is 1.04 bits per heavy atom. The third kappa shape index (κ3) is 5.62. The first kappa shape index (κ1) is 22.3. The van der Waals surface area contributed by atoms with Gasteiger partial charge in [-0.2, -0.15) is 0 Å². The van der Waals surface area contributed by atoms with Crippen molar-refractivity contribution >= 4 is 23.9 Å². The maximum atomic E-state index is 10.8. The van der Waals surface area contributed by atoms with Gasteiger partial charge >= 0.3 is 23.9 Å². The lowest BCUT2D eigenvalue weighted by atomic mass is 9.96. The van der Waals surface area contributed by atoms with Crippen LogP contribution in [0.3, 0.4) is 0 Å². The first-order valence-electron chi connectivity index (χ1n) is 7.55. The van der Waals surface area contributed by atoms with Crippen molar-refractivity contribution in [1.82, 2.24) is 0 Å². The zero-order chi connectivity index (χ0) is 21.4. The minimum atomic E-state index is -1.53. The zero-order valence-electron chi connectivity index (χ0n) is 14.1. The lowest BCUT2D eigenvalue weighted by molar-refractivity contribution is 0.0649. The standard InChI is InChI=1S/C10H10O6.C8H6O4/c11-4-7(12)8-5(9(13)14)2-1-3-6(8)10(15)16;9-7(10)5-1-2-6(4-3-5)8(11)12/h1-3,7,11-12H,4H2,(H,13,14)(H,15,16);1-4H,(H,9,10)(H,11,12). The van der Waals surface area contributed by atoms with Crippen molar-refractivity contribution in [3.63, 3.8) is 0 Å². The number of benzene rings is 2. The molecule has 0 aliphatic rings. The molecule has 10 heteroatoms. The third-order valence-electron chi connectivity index (χ3n) is 3.45. The fraction of sp³-hybridized carbons (Fsp3) is 0.111. The quantitative estimate of drug-likeness (QED) is 0.416. The summed E-state index contributed by atoms with van der Waals surface area (Å²) in [7, 11) is 0. The number of aromatic carboxylic acids is 4. The fourth-order valence-electron chi connectivity index (χ4n) is 2.14. The lowest BCUT2D eigenvalue weighted by Crippen LogP contribution is -2.15. The van der Waals surface area contributed by atoms with Crippen LogP contribution in [0.5, 0.6) is 0 Å². The molecule has 0 radical (unpaired) electrons. The van der Waals surface area contributed by atoms with Gasteiger partial charge in [-0.3, -0.25) is 0 Å². The molecule has 28 heavy (non-hydrogen) atoms. The van der Waals surface area contributed by atoms with E-state index < -0.39 is 36.6 Å². The van der Waals surface area contributed by atoms with Gasteiger partial charge < -0.3 is 30.6 Å². The highest BCUT2D eigenvalue weighted by Crippen LogP contribution is 2.22. The molecule has 0 saturated carbocycles. The van der Waals surface area contributed by atoms with Crippen molar-refractivity contribution in [1.29, 1.82) is 0 Å². The number of aliphatic hydroxyl groups excluding tert-OH is 2. The average Bonchev–Trinajstić information content (AvgIpc) is 2.67. The van der Waals surface area contributed by atoms with Crippen LogP contribution in [0.15, 0.2) is 42.5 Å². The molecule has 0 spiro atoms. The summed E-state index contributed by atoms with van der Waals surface area (Å²) in [4.78, 5) is 42.3. The number of carboxylic acids is 4. The van der Waals surface area contributed by atoms with Crippen LogP contribution in [0.2, 0.25) is 0 Å². The number of rotatable bonds is 6. The Bertz CT molecular complexity index is 820. The molecule has 0 fully saturated rings. The summed E-state index contributed by atoms with van der Waals surface area (Å²) >= 11 is 0. The average molecular weight is 392 g/mol. The number of carbonyl (C=O) groups is 4. The number of carboxylic acid groups (broad SMARTS) is 4. The Labute approximate surface area is 157 Å². The zero-order valence-corrected chi connectivity index (χ0v) is 14.1. The Morgan fingerprint density at radius 1 is 0.679 bits per heavy atom. The van der Waals surface area contributed by atoms with Crippen LogP contribution in [-0.2, 0) is 0 Å². The molecule has 0 aromatic heterocycles. The smallest absolute Gasteiger partial charge is 0.336 e. The van der Waals surface area contributed by atoms with Gasteiger partial charge in [-0.15, -0.1) is 0 Å². The van der Waals surface area contributed by atoms with Gasteiger partial charge in [0.25, 0.3) is 0 Å². The SMILES string of the molecule is O=C(O)c1ccc(C(=O)O)cc1.O=C(O)c1cccc(C(=O)O)c1C(O)CO. The fourth-order valence-corrected chi connectivity index (χ4v) is 2.14. The molecule has 148 valence electrons. The highest BCUT2D eigenvalue weighted by atomic mass is 16.4. The van der Waals surface area contributed by atoms with E-state index in [9.17, 15) is 24.3 Å². The van der Waals surface area contributed by atoms with Crippen molar-refractivity contribution in [3.8, 4) is 0 Å².